The zero-order valence-electron chi connectivity index (χ0n) is 12.0. The molecule has 116 valence electrons. The van der Waals surface area contributed by atoms with Gasteiger partial charge in [0.05, 0.1) is 10.3 Å². The molecule has 0 aromatic carbocycles. The Morgan fingerprint density at radius 2 is 2.19 bits per heavy atom. The normalized spacial score (nSPS) is 17.4. The predicted octanol–water partition coefficient (Wildman–Crippen LogP) is 0.930. The number of carbonyl (C=O) groups is 1. The van der Waals surface area contributed by atoms with Gasteiger partial charge in [0.1, 0.15) is 5.69 Å². The summed E-state index contributed by atoms with van der Waals surface area (Å²) < 4.78 is 6.56. The van der Waals surface area contributed by atoms with E-state index in [4.69, 9.17) is 4.74 Å². The maximum Gasteiger partial charge on any atom is 0.333 e. The van der Waals surface area contributed by atoms with Gasteiger partial charge in [0.25, 0.3) is 0 Å². The van der Waals surface area contributed by atoms with Crippen molar-refractivity contribution in [1.82, 2.24) is 9.78 Å². The van der Waals surface area contributed by atoms with Crippen LogP contribution in [-0.4, -0.2) is 45.5 Å². The molecule has 1 aliphatic heterocycles. The number of rotatable bonds is 5. The Balaban J connectivity index is 2.22. The van der Waals surface area contributed by atoms with Gasteiger partial charge in [-0.2, -0.15) is 5.10 Å². The molecule has 1 aliphatic rings. The number of ether oxygens (including phenoxy) is 1. The van der Waals surface area contributed by atoms with Crippen LogP contribution >= 0.6 is 0 Å². The fraction of sp³-hybridized carbons (Fsp3) is 0.667. The van der Waals surface area contributed by atoms with Crippen LogP contribution in [0.1, 0.15) is 18.5 Å². The molecule has 0 atom stereocenters. The minimum Gasteiger partial charge on any atom is -0.481 e. The van der Waals surface area contributed by atoms with Crippen LogP contribution in [0, 0.1) is 22.5 Å². The lowest BCUT2D eigenvalue weighted by molar-refractivity contribution is -0.384. The van der Waals surface area contributed by atoms with Gasteiger partial charge in [-0.05, 0) is 19.8 Å². The third-order valence-corrected chi connectivity index (χ3v) is 3.87. The fourth-order valence-electron chi connectivity index (χ4n) is 2.54. The maximum atomic E-state index is 11.6. The maximum absolute atomic E-state index is 11.6. The number of carboxylic acid groups (broad SMARTS) is 1. The lowest BCUT2D eigenvalue weighted by Gasteiger charge is -2.33. The van der Waals surface area contributed by atoms with Gasteiger partial charge in [0.2, 0.25) is 5.82 Å². The molecule has 21 heavy (non-hydrogen) atoms. The van der Waals surface area contributed by atoms with Crippen molar-refractivity contribution in [3.8, 4) is 0 Å². The van der Waals surface area contributed by atoms with Gasteiger partial charge in [-0.15, -0.1) is 0 Å². The number of aryl methyl sites for hydroxylation is 2. The van der Waals surface area contributed by atoms with Crippen LogP contribution in [0.2, 0.25) is 0 Å². The summed E-state index contributed by atoms with van der Waals surface area (Å²) in [7, 11) is 1.58. The molecule has 0 aliphatic carbocycles. The molecule has 0 radical (unpaired) electrons. The lowest BCUT2D eigenvalue weighted by atomic mass is 9.80. The van der Waals surface area contributed by atoms with Crippen molar-refractivity contribution >= 4 is 17.5 Å². The largest absolute Gasteiger partial charge is 0.481 e. The molecule has 9 nitrogen and oxygen atoms in total. The molecule has 9 heteroatoms. The number of hydrogen-bond donors (Lipinski definition) is 2. The quantitative estimate of drug-likeness (QED) is 0.613. The summed E-state index contributed by atoms with van der Waals surface area (Å²) in [6.07, 6.45) is 0.750. The molecule has 1 aromatic rings. The van der Waals surface area contributed by atoms with Crippen molar-refractivity contribution in [2.45, 2.75) is 19.8 Å². The van der Waals surface area contributed by atoms with E-state index in [0.717, 1.165) is 0 Å². The van der Waals surface area contributed by atoms with E-state index in [9.17, 15) is 20.0 Å². The highest BCUT2D eigenvalue weighted by Gasteiger charge is 2.41. The highest BCUT2D eigenvalue weighted by atomic mass is 16.6. The Bertz CT molecular complexity index is 562. The number of nitrogens with zero attached hydrogens (tertiary/aromatic N) is 3. The van der Waals surface area contributed by atoms with Crippen molar-refractivity contribution in [3.63, 3.8) is 0 Å². The smallest absolute Gasteiger partial charge is 0.333 e. The molecule has 0 saturated carbocycles. The van der Waals surface area contributed by atoms with Crippen molar-refractivity contribution in [2.24, 2.45) is 12.5 Å². The first-order chi connectivity index (χ1) is 9.87. The third kappa shape index (κ3) is 2.82. The van der Waals surface area contributed by atoms with E-state index < -0.39 is 16.3 Å². The summed E-state index contributed by atoms with van der Waals surface area (Å²) in [6.45, 7) is 2.40. The van der Waals surface area contributed by atoms with Crippen LogP contribution in [0.5, 0.6) is 0 Å². The van der Waals surface area contributed by atoms with Gasteiger partial charge in [-0.25, -0.2) is 4.68 Å². The van der Waals surface area contributed by atoms with Gasteiger partial charge in [0, 0.05) is 26.8 Å². The summed E-state index contributed by atoms with van der Waals surface area (Å²) in [5, 5.41) is 27.5. The second-order valence-corrected chi connectivity index (χ2v) is 5.21. The van der Waals surface area contributed by atoms with Crippen LogP contribution in [0.15, 0.2) is 0 Å². The summed E-state index contributed by atoms with van der Waals surface area (Å²) in [5.74, 6) is -0.690. The molecule has 2 N–H and O–H groups in total. The monoisotopic (exact) mass is 298 g/mol. The Morgan fingerprint density at radius 1 is 1.57 bits per heavy atom. The highest BCUT2D eigenvalue weighted by molar-refractivity contribution is 5.76. The summed E-state index contributed by atoms with van der Waals surface area (Å²) in [4.78, 5) is 22.1. The molecule has 0 unspecified atom stereocenters. The highest BCUT2D eigenvalue weighted by Crippen LogP contribution is 2.33. The molecular weight excluding hydrogens is 280 g/mol. The van der Waals surface area contributed by atoms with Crippen molar-refractivity contribution in [3.05, 3.63) is 15.8 Å². The van der Waals surface area contributed by atoms with Gasteiger partial charge in [0.15, 0.2) is 0 Å². The SMILES string of the molecule is Cc1nn(C)c(NCC2(C(=O)O)CCOCC2)c1[N+](=O)[O-]. The first kappa shape index (κ1) is 15.2. The second kappa shape index (κ2) is 5.68. The third-order valence-electron chi connectivity index (χ3n) is 3.87. The van der Waals surface area contributed by atoms with Gasteiger partial charge in [-0.3, -0.25) is 14.9 Å². The van der Waals surface area contributed by atoms with E-state index in [2.05, 4.69) is 10.4 Å². The van der Waals surface area contributed by atoms with Crippen molar-refractivity contribution < 1.29 is 19.6 Å². The van der Waals surface area contributed by atoms with E-state index in [0.29, 0.717) is 31.7 Å². The van der Waals surface area contributed by atoms with Crippen LogP contribution in [0.3, 0.4) is 0 Å². The molecule has 0 amide bonds. The number of nitro groups is 1. The number of anilines is 1. The van der Waals surface area contributed by atoms with Gasteiger partial charge >= 0.3 is 11.7 Å². The fourth-order valence-corrected chi connectivity index (χ4v) is 2.54. The second-order valence-electron chi connectivity index (χ2n) is 5.21. The molecule has 0 bridgehead atoms. The van der Waals surface area contributed by atoms with Crippen LogP contribution in [-0.2, 0) is 16.6 Å². The number of aromatic nitrogens is 2. The number of carboxylic acids is 1. The Labute approximate surface area is 121 Å². The molecule has 1 aromatic heterocycles. The number of nitrogens with one attached hydrogen (secondary N) is 1. The molecule has 1 fully saturated rings. The lowest BCUT2D eigenvalue weighted by Crippen LogP contribution is -2.43. The standard InChI is InChI=1S/C12H18N4O5/c1-8-9(16(19)20)10(15(2)14-8)13-7-12(11(17)18)3-5-21-6-4-12/h13H,3-7H2,1-2H3,(H,17,18). The number of hydrogen-bond acceptors (Lipinski definition) is 6. The summed E-state index contributed by atoms with van der Waals surface area (Å²) >= 11 is 0. The molecule has 1 saturated heterocycles. The Morgan fingerprint density at radius 3 is 2.71 bits per heavy atom. The molecule has 2 rings (SSSR count). The van der Waals surface area contributed by atoms with Gasteiger partial charge < -0.3 is 15.2 Å². The van der Waals surface area contributed by atoms with E-state index in [-0.39, 0.29) is 18.1 Å². The van der Waals surface area contributed by atoms with Crippen molar-refractivity contribution in [2.75, 3.05) is 25.1 Å². The Kier molecular flexibility index (Phi) is 4.12. The number of aliphatic carboxylic acids is 1. The predicted molar refractivity (Wildman–Crippen MR) is 73.2 cm³/mol. The zero-order chi connectivity index (χ0) is 15.6. The summed E-state index contributed by atoms with van der Waals surface area (Å²) in [5.41, 5.74) is -0.795. The van der Waals surface area contributed by atoms with E-state index in [1.54, 1.807) is 14.0 Å². The van der Waals surface area contributed by atoms with Crippen LogP contribution < -0.4 is 5.32 Å². The molecule has 0 spiro atoms. The Hall–Kier alpha value is -2.16. The zero-order valence-corrected chi connectivity index (χ0v) is 12.0. The van der Waals surface area contributed by atoms with Crippen molar-refractivity contribution in [1.29, 1.82) is 0 Å². The van der Waals surface area contributed by atoms with E-state index in [1.165, 1.54) is 4.68 Å². The van der Waals surface area contributed by atoms with Crippen LogP contribution in [0.25, 0.3) is 0 Å². The molecular formula is C12H18N4O5. The summed E-state index contributed by atoms with van der Waals surface area (Å²) in [6, 6.07) is 0. The van der Waals surface area contributed by atoms with E-state index >= 15 is 0 Å². The first-order valence-electron chi connectivity index (χ1n) is 6.60. The first-order valence-corrected chi connectivity index (χ1v) is 6.60. The molecule has 2 heterocycles. The van der Waals surface area contributed by atoms with E-state index in [1.807, 2.05) is 0 Å². The van der Waals surface area contributed by atoms with Crippen LogP contribution in [0.4, 0.5) is 11.5 Å². The topological polar surface area (TPSA) is 120 Å². The van der Waals surface area contributed by atoms with Gasteiger partial charge in [-0.1, -0.05) is 0 Å². The average molecular weight is 298 g/mol. The minimum atomic E-state index is -0.968. The average Bonchev–Trinajstić information content (AvgIpc) is 2.71. The minimum absolute atomic E-state index is 0.103.